The highest BCUT2D eigenvalue weighted by molar-refractivity contribution is 5.29. The summed E-state index contributed by atoms with van der Waals surface area (Å²) < 4.78 is 11.4. The number of hydrogen-bond donors (Lipinski definition) is 1. The van der Waals surface area contributed by atoms with Gasteiger partial charge >= 0.3 is 0 Å². The summed E-state index contributed by atoms with van der Waals surface area (Å²) in [5.74, 6) is 0.963. The lowest BCUT2D eigenvalue weighted by atomic mass is 9.74. The summed E-state index contributed by atoms with van der Waals surface area (Å²) in [5, 5.41) is 3.68. The third-order valence-electron chi connectivity index (χ3n) is 5.00. The average molecular weight is 339 g/mol. The molecular weight excluding hydrogens is 310 g/mol. The van der Waals surface area contributed by atoms with Crippen LogP contribution in [-0.4, -0.2) is 26.4 Å². The number of nitrogens with one attached hydrogen (secondary N) is 1. The second-order valence-corrected chi connectivity index (χ2v) is 6.86. The third kappa shape index (κ3) is 4.83. The van der Waals surface area contributed by atoms with Crippen molar-refractivity contribution >= 4 is 0 Å². The van der Waals surface area contributed by atoms with Crippen LogP contribution in [0.15, 0.2) is 54.6 Å². The van der Waals surface area contributed by atoms with Gasteiger partial charge in [0.05, 0.1) is 6.61 Å². The van der Waals surface area contributed by atoms with Crippen LogP contribution in [0.1, 0.15) is 37.3 Å². The normalized spacial score (nSPS) is 16.5. The van der Waals surface area contributed by atoms with Gasteiger partial charge in [-0.2, -0.15) is 0 Å². The van der Waals surface area contributed by atoms with E-state index >= 15 is 0 Å². The zero-order valence-corrected chi connectivity index (χ0v) is 15.2. The summed E-state index contributed by atoms with van der Waals surface area (Å²) in [4.78, 5) is 0. The van der Waals surface area contributed by atoms with E-state index in [2.05, 4.69) is 60.8 Å². The number of hydrogen-bond acceptors (Lipinski definition) is 3. The van der Waals surface area contributed by atoms with Crippen LogP contribution >= 0.6 is 0 Å². The van der Waals surface area contributed by atoms with Crippen molar-refractivity contribution < 1.29 is 9.47 Å². The fourth-order valence-corrected chi connectivity index (χ4v) is 3.53. The van der Waals surface area contributed by atoms with Gasteiger partial charge in [-0.15, -0.1) is 0 Å². The van der Waals surface area contributed by atoms with E-state index in [4.69, 9.17) is 9.47 Å². The van der Waals surface area contributed by atoms with E-state index in [-0.39, 0.29) is 5.41 Å². The molecule has 0 spiro atoms. The fourth-order valence-electron chi connectivity index (χ4n) is 3.53. The van der Waals surface area contributed by atoms with Crippen LogP contribution in [-0.2, 0) is 16.7 Å². The molecular formula is C22H29NO2. The number of benzene rings is 2. The molecule has 1 aliphatic heterocycles. The van der Waals surface area contributed by atoms with Gasteiger partial charge in [0.25, 0.3) is 0 Å². The summed E-state index contributed by atoms with van der Waals surface area (Å²) in [7, 11) is 0. The van der Waals surface area contributed by atoms with Crippen LogP contribution in [0.25, 0.3) is 0 Å². The first kappa shape index (κ1) is 18.0. The highest BCUT2D eigenvalue weighted by Crippen LogP contribution is 2.34. The lowest BCUT2D eigenvalue weighted by molar-refractivity contribution is 0.0498. The van der Waals surface area contributed by atoms with Crippen molar-refractivity contribution in [3.63, 3.8) is 0 Å². The predicted octanol–water partition coefficient (Wildman–Crippen LogP) is 4.31. The highest BCUT2D eigenvalue weighted by atomic mass is 16.5. The van der Waals surface area contributed by atoms with Crippen molar-refractivity contribution in [1.82, 2.24) is 5.32 Å². The molecule has 0 bridgehead atoms. The van der Waals surface area contributed by atoms with Crippen LogP contribution in [0.2, 0.25) is 0 Å². The molecule has 1 fully saturated rings. The second kappa shape index (κ2) is 9.02. The first-order chi connectivity index (χ1) is 12.3. The van der Waals surface area contributed by atoms with Gasteiger partial charge in [-0.25, -0.2) is 0 Å². The second-order valence-electron chi connectivity index (χ2n) is 6.86. The maximum atomic E-state index is 5.74. The summed E-state index contributed by atoms with van der Waals surface area (Å²) >= 11 is 0. The molecule has 134 valence electrons. The van der Waals surface area contributed by atoms with E-state index in [1.165, 1.54) is 11.1 Å². The van der Waals surface area contributed by atoms with Gasteiger partial charge in [-0.1, -0.05) is 49.4 Å². The molecule has 0 atom stereocenters. The molecule has 3 heteroatoms. The lowest BCUT2D eigenvalue weighted by Crippen LogP contribution is -2.42. The molecule has 0 amide bonds. The fraction of sp³-hybridized carbons (Fsp3) is 0.455. The van der Waals surface area contributed by atoms with Crippen molar-refractivity contribution in [2.24, 2.45) is 0 Å². The average Bonchev–Trinajstić information content (AvgIpc) is 2.68. The standard InChI is InChI=1S/C22H29NO2/c1-2-13-25-21-10-6-7-19(16-21)17-23-18-22(11-14-24-15-12-22)20-8-4-3-5-9-20/h3-10,16,23H,2,11-15,17-18H2,1H3. The van der Waals surface area contributed by atoms with E-state index in [1.54, 1.807) is 0 Å². The smallest absolute Gasteiger partial charge is 0.119 e. The molecule has 2 aromatic carbocycles. The minimum Gasteiger partial charge on any atom is -0.494 e. The molecule has 3 nitrogen and oxygen atoms in total. The maximum Gasteiger partial charge on any atom is 0.119 e. The van der Waals surface area contributed by atoms with E-state index in [9.17, 15) is 0 Å². The third-order valence-corrected chi connectivity index (χ3v) is 5.00. The van der Waals surface area contributed by atoms with Crippen LogP contribution in [0, 0.1) is 0 Å². The van der Waals surface area contributed by atoms with Gasteiger partial charge in [-0.05, 0) is 42.5 Å². The molecule has 2 aromatic rings. The quantitative estimate of drug-likeness (QED) is 0.777. The molecule has 0 aromatic heterocycles. The molecule has 1 N–H and O–H groups in total. The van der Waals surface area contributed by atoms with Crippen LogP contribution < -0.4 is 10.1 Å². The minimum absolute atomic E-state index is 0.176. The molecule has 0 aliphatic carbocycles. The Hall–Kier alpha value is -1.84. The molecule has 1 saturated heterocycles. The largest absolute Gasteiger partial charge is 0.494 e. The number of rotatable bonds is 8. The van der Waals surface area contributed by atoms with Gasteiger partial charge in [0.2, 0.25) is 0 Å². The SMILES string of the molecule is CCCOc1cccc(CNCC2(c3ccccc3)CCOCC2)c1. The van der Waals surface area contributed by atoms with Crippen molar-refractivity contribution in [1.29, 1.82) is 0 Å². The molecule has 25 heavy (non-hydrogen) atoms. The summed E-state index contributed by atoms with van der Waals surface area (Å²) in [6, 6.07) is 19.3. The lowest BCUT2D eigenvalue weighted by Gasteiger charge is -2.38. The van der Waals surface area contributed by atoms with Gasteiger partial charge in [-0.3, -0.25) is 0 Å². The Morgan fingerprint density at radius 3 is 2.60 bits per heavy atom. The van der Waals surface area contributed by atoms with Gasteiger partial charge in [0, 0.05) is 31.7 Å². The monoisotopic (exact) mass is 339 g/mol. The maximum absolute atomic E-state index is 5.74. The summed E-state index contributed by atoms with van der Waals surface area (Å²) in [5.41, 5.74) is 2.87. The Morgan fingerprint density at radius 2 is 1.84 bits per heavy atom. The van der Waals surface area contributed by atoms with E-state index < -0.39 is 0 Å². The topological polar surface area (TPSA) is 30.5 Å². The van der Waals surface area contributed by atoms with E-state index in [0.717, 1.165) is 57.9 Å². The zero-order chi connectivity index (χ0) is 17.4. The Labute approximate surface area is 151 Å². The van der Waals surface area contributed by atoms with Gasteiger partial charge in [0.15, 0.2) is 0 Å². The van der Waals surface area contributed by atoms with Crippen molar-refractivity contribution in [3.05, 3.63) is 65.7 Å². The van der Waals surface area contributed by atoms with Crippen LogP contribution in [0.3, 0.4) is 0 Å². The van der Waals surface area contributed by atoms with Gasteiger partial charge in [0.1, 0.15) is 5.75 Å². The van der Waals surface area contributed by atoms with Crippen molar-refractivity contribution in [3.8, 4) is 5.75 Å². The van der Waals surface area contributed by atoms with E-state index in [0.29, 0.717) is 0 Å². The molecule has 0 saturated carbocycles. The first-order valence-corrected chi connectivity index (χ1v) is 9.38. The van der Waals surface area contributed by atoms with Crippen LogP contribution in [0.5, 0.6) is 5.75 Å². The van der Waals surface area contributed by atoms with E-state index in [1.807, 2.05) is 6.07 Å². The molecule has 1 heterocycles. The Bertz CT molecular complexity index is 635. The Kier molecular flexibility index (Phi) is 6.48. The first-order valence-electron chi connectivity index (χ1n) is 9.38. The molecule has 0 radical (unpaired) electrons. The Morgan fingerprint density at radius 1 is 1.04 bits per heavy atom. The van der Waals surface area contributed by atoms with Crippen LogP contribution in [0.4, 0.5) is 0 Å². The highest BCUT2D eigenvalue weighted by Gasteiger charge is 2.33. The molecule has 0 unspecified atom stereocenters. The number of ether oxygens (including phenoxy) is 2. The molecule has 1 aliphatic rings. The zero-order valence-electron chi connectivity index (χ0n) is 15.2. The van der Waals surface area contributed by atoms with Crippen molar-refractivity contribution in [2.45, 2.75) is 38.1 Å². The molecule has 3 rings (SSSR count). The van der Waals surface area contributed by atoms with Gasteiger partial charge < -0.3 is 14.8 Å². The Balaban J connectivity index is 1.62. The van der Waals surface area contributed by atoms with Crippen molar-refractivity contribution in [2.75, 3.05) is 26.4 Å². The predicted molar refractivity (Wildman–Crippen MR) is 102 cm³/mol. The summed E-state index contributed by atoms with van der Waals surface area (Å²) in [6.07, 6.45) is 3.18. The minimum atomic E-state index is 0.176. The summed E-state index contributed by atoms with van der Waals surface area (Å²) in [6.45, 7) is 6.42.